The van der Waals surface area contributed by atoms with Gasteiger partial charge >= 0.3 is 0 Å². The molecule has 1 atom stereocenters. The monoisotopic (exact) mass is 323 g/mol. The molecule has 0 saturated carbocycles. The van der Waals surface area contributed by atoms with E-state index in [1.165, 1.54) is 5.69 Å². The van der Waals surface area contributed by atoms with Crippen molar-refractivity contribution in [2.24, 2.45) is 0 Å². The third kappa shape index (κ3) is 2.02. The van der Waals surface area contributed by atoms with Crippen molar-refractivity contribution in [3.63, 3.8) is 0 Å². The predicted molar refractivity (Wildman–Crippen MR) is 92.7 cm³/mol. The molecule has 0 aliphatic carbocycles. The van der Waals surface area contributed by atoms with E-state index in [0.717, 1.165) is 48.7 Å². The summed E-state index contributed by atoms with van der Waals surface area (Å²) in [5.74, 6) is 2.62. The molecule has 1 aromatic carbocycles. The highest BCUT2D eigenvalue weighted by atomic mass is 16.5. The van der Waals surface area contributed by atoms with Gasteiger partial charge in [0.25, 0.3) is 0 Å². The largest absolute Gasteiger partial charge is 0.489 e. The summed E-state index contributed by atoms with van der Waals surface area (Å²) in [6, 6.07) is 6.46. The lowest BCUT2D eigenvalue weighted by Crippen LogP contribution is -2.36. The van der Waals surface area contributed by atoms with Crippen LogP contribution in [0, 0.1) is 0 Å². The Bertz CT molecular complexity index is 861. The van der Waals surface area contributed by atoms with E-state index in [-0.39, 0.29) is 0 Å². The number of imidazole rings is 2. The summed E-state index contributed by atoms with van der Waals surface area (Å²) in [5.41, 5.74) is 3.43. The molecule has 2 aliphatic heterocycles. The molecule has 1 unspecified atom stereocenters. The lowest BCUT2D eigenvalue weighted by molar-refractivity contribution is 0.248. The van der Waals surface area contributed by atoms with Crippen LogP contribution in [-0.2, 0) is 0 Å². The van der Waals surface area contributed by atoms with E-state index in [1.54, 1.807) is 6.33 Å². The molecule has 3 aromatic rings. The van der Waals surface area contributed by atoms with Gasteiger partial charge in [-0.1, -0.05) is 6.07 Å². The first-order valence-corrected chi connectivity index (χ1v) is 8.68. The van der Waals surface area contributed by atoms with E-state index in [4.69, 9.17) is 9.72 Å². The molecule has 5 rings (SSSR count). The van der Waals surface area contributed by atoms with Crippen LogP contribution in [0.2, 0.25) is 0 Å². The fourth-order valence-electron chi connectivity index (χ4n) is 4.03. The van der Waals surface area contributed by atoms with Gasteiger partial charge in [-0.05, 0) is 31.9 Å². The van der Waals surface area contributed by atoms with E-state index in [1.807, 2.05) is 18.3 Å². The maximum absolute atomic E-state index is 5.88. The average molecular weight is 323 g/mol. The molecule has 1 N–H and O–H groups in total. The van der Waals surface area contributed by atoms with E-state index in [9.17, 15) is 0 Å². The number of anilines is 1. The molecule has 0 amide bonds. The average Bonchev–Trinajstić information content (AvgIpc) is 3.27. The molecule has 2 aromatic heterocycles. The van der Waals surface area contributed by atoms with Gasteiger partial charge in [0.1, 0.15) is 17.9 Å². The van der Waals surface area contributed by atoms with Gasteiger partial charge in [0.05, 0.1) is 17.9 Å². The Balaban J connectivity index is 1.48. The third-order valence-corrected chi connectivity index (χ3v) is 5.31. The molecule has 2 aliphatic rings. The molecular weight excluding hydrogens is 302 g/mol. The number of ether oxygens (including phenoxy) is 1. The van der Waals surface area contributed by atoms with Gasteiger partial charge in [0.15, 0.2) is 0 Å². The lowest BCUT2D eigenvalue weighted by atomic mass is 9.94. The van der Waals surface area contributed by atoms with E-state index < -0.39 is 0 Å². The molecule has 0 radical (unpaired) electrons. The Morgan fingerprint density at radius 1 is 1.25 bits per heavy atom. The molecule has 6 heteroatoms. The number of aromatic nitrogens is 4. The van der Waals surface area contributed by atoms with Crippen molar-refractivity contribution in [2.45, 2.75) is 31.7 Å². The van der Waals surface area contributed by atoms with Crippen molar-refractivity contribution in [2.75, 3.05) is 24.6 Å². The van der Waals surface area contributed by atoms with Crippen molar-refractivity contribution in [3.8, 4) is 5.75 Å². The Morgan fingerprint density at radius 2 is 2.12 bits per heavy atom. The molecule has 24 heavy (non-hydrogen) atoms. The second-order valence-corrected chi connectivity index (χ2v) is 6.83. The predicted octanol–water partition coefficient (Wildman–Crippen LogP) is 3.10. The van der Waals surface area contributed by atoms with Crippen LogP contribution in [0.25, 0.3) is 11.0 Å². The molecule has 0 bridgehead atoms. The van der Waals surface area contributed by atoms with Crippen molar-refractivity contribution >= 4 is 17.0 Å². The standard InChI is InChI=1S/C18H21N5O/c1-12-10-24-16-4-2-3-14-17(16)23(12)18(21-14)22-7-5-13(6-8-22)15-9-19-11-20-15/h2-4,9,11-13H,5-8,10H2,1H3,(H,19,20). The van der Waals surface area contributed by atoms with E-state index in [2.05, 4.69) is 32.4 Å². The van der Waals surface area contributed by atoms with Gasteiger partial charge in [-0.15, -0.1) is 0 Å². The second kappa shape index (κ2) is 5.26. The summed E-state index contributed by atoms with van der Waals surface area (Å²) in [7, 11) is 0. The van der Waals surface area contributed by atoms with Gasteiger partial charge in [0, 0.05) is 30.9 Å². The topological polar surface area (TPSA) is 59.0 Å². The third-order valence-electron chi connectivity index (χ3n) is 5.31. The minimum Gasteiger partial charge on any atom is -0.489 e. The van der Waals surface area contributed by atoms with Crippen molar-refractivity contribution < 1.29 is 4.74 Å². The van der Waals surface area contributed by atoms with Crippen LogP contribution < -0.4 is 9.64 Å². The Kier molecular flexibility index (Phi) is 3.04. The number of nitrogens with one attached hydrogen (secondary N) is 1. The summed E-state index contributed by atoms with van der Waals surface area (Å²) in [6.07, 6.45) is 5.99. The highest BCUT2D eigenvalue weighted by Gasteiger charge is 2.29. The van der Waals surface area contributed by atoms with Crippen LogP contribution in [0.5, 0.6) is 5.75 Å². The van der Waals surface area contributed by atoms with Crippen LogP contribution >= 0.6 is 0 Å². The number of H-pyrrole nitrogens is 1. The zero-order valence-electron chi connectivity index (χ0n) is 13.8. The van der Waals surface area contributed by atoms with Crippen molar-refractivity contribution in [1.82, 2.24) is 19.5 Å². The number of piperidine rings is 1. The van der Waals surface area contributed by atoms with Gasteiger partial charge in [-0.25, -0.2) is 9.97 Å². The quantitative estimate of drug-likeness (QED) is 0.787. The minimum absolute atomic E-state index is 0.310. The molecule has 0 spiro atoms. The smallest absolute Gasteiger partial charge is 0.207 e. The fourth-order valence-corrected chi connectivity index (χ4v) is 4.03. The SMILES string of the molecule is CC1COc2cccc3nc(N4CCC(c5cnc[nH]5)CC4)n1c23. The number of hydrogen-bond donors (Lipinski definition) is 1. The molecule has 6 nitrogen and oxygen atoms in total. The first-order chi connectivity index (χ1) is 11.8. The Morgan fingerprint density at radius 3 is 2.92 bits per heavy atom. The Hall–Kier alpha value is -2.50. The number of benzene rings is 1. The number of para-hydroxylation sites is 1. The summed E-state index contributed by atoms with van der Waals surface area (Å²) in [6.45, 7) is 4.96. The minimum atomic E-state index is 0.310. The number of aromatic amines is 1. The van der Waals surface area contributed by atoms with Gasteiger partial charge < -0.3 is 19.2 Å². The molecule has 124 valence electrons. The highest BCUT2D eigenvalue weighted by Crippen LogP contribution is 2.38. The van der Waals surface area contributed by atoms with Crippen LogP contribution in [0.3, 0.4) is 0 Å². The van der Waals surface area contributed by atoms with E-state index in [0.29, 0.717) is 18.6 Å². The zero-order valence-corrected chi connectivity index (χ0v) is 13.8. The number of nitrogens with zero attached hydrogens (tertiary/aromatic N) is 4. The van der Waals surface area contributed by atoms with Crippen LogP contribution in [-0.4, -0.2) is 39.2 Å². The second-order valence-electron chi connectivity index (χ2n) is 6.83. The lowest BCUT2D eigenvalue weighted by Gasteiger charge is -2.34. The molecular formula is C18H21N5O. The van der Waals surface area contributed by atoms with Crippen molar-refractivity contribution in [3.05, 3.63) is 36.4 Å². The number of rotatable bonds is 2. The first-order valence-electron chi connectivity index (χ1n) is 8.68. The molecule has 1 saturated heterocycles. The highest BCUT2D eigenvalue weighted by molar-refractivity contribution is 5.85. The zero-order chi connectivity index (χ0) is 16.1. The first kappa shape index (κ1) is 13.9. The van der Waals surface area contributed by atoms with Crippen LogP contribution in [0.4, 0.5) is 5.95 Å². The molecule has 4 heterocycles. The van der Waals surface area contributed by atoms with Crippen molar-refractivity contribution in [1.29, 1.82) is 0 Å². The van der Waals surface area contributed by atoms with Gasteiger partial charge in [0.2, 0.25) is 5.95 Å². The Labute approximate surface area is 140 Å². The molecule has 1 fully saturated rings. The fraction of sp³-hybridized carbons (Fsp3) is 0.444. The van der Waals surface area contributed by atoms with Gasteiger partial charge in [-0.3, -0.25) is 0 Å². The summed E-state index contributed by atoms with van der Waals surface area (Å²) in [4.78, 5) is 14.8. The van der Waals surface area contributed by atoms with Crippen LogP contribution in [0.1, 0.15) is 37.4 Å². The number of hydrogen-bond acceptors (Lipinski definition) is 4. The summed E-state index contributed by atoms with van der Waals surface area (Å²) in [5, 5.41) is 0. The normalized spacial score (nSPS) is 21.2. The van der Waals surface area contributed by atoms with E-state index >= 15 is 0 Å². The maximum atomic E-state index is 5.88. The summed E-state index contributed by atoms with van der Waals surface area (Å²) < 4.78 is 8.25. The maximum Gasteiger partial charge on any atom is 0.207 e. The van der Waals surface area contributed by atoms with Crippen LogP contribution in [0.15, 0.2) is 30.7 Å². The van der Waals surface area contributed by atoms with Gasteiger partial charge in [-0.2, -0.15) is 0 Å². The summed E-state index contributed by atoms with van der Waals surface area (Å²) >= 11 is 0.